The number of carbonyl (C=O) groups is 1. The smallest absolute Gasteiger partial charge is 0.249 e. The molecular formula is C10H18N2O2. The first kappa shape index (κ1) is 9.93. The van der Waals surface area contributed by atoms with Crippen molar-refractivity contribution in [1.82, 2.24) is 5.32 Å². The molecule has 2 aliphatic rings. The van der Waals surface area contributed by atoms with Crippen molar-refractivity contribution in [3.8, 4) is 0 Å². The number of amides is 1. The third kappa shape index (κ3) is 2.07. The van der Waals surface area contributed by atoms with Gasteiger partial charge in [-0.2, -0.15) is 0 Å². The second-order valence-electron chi connectivity index (χ2n) is 4.39. The number of nitrogens with two attached hydrogens (primary N) is 1. The highest BCUT2D eigenvalue weighted by molar-refractivity contribution is 5.81. The Labute approximate surface area is 84.2 Å². The van der Waals surface area contributed by atoms with Crippen LogP contribution in [0.3, 0.4) is 0 Å². The lowest BCUT2D eigenvalue weighted by molar-refractivity contribution is -0.132. The summed E-state index contributed by atoms with van der Waals surface area (Å²) in [6.45, 7) is 2.66. The average Bonchev–Trinajstić information content (AvgIpc) is 2.72. The SMILES string of the molecule is CC1CC1NC(=O)C1CCC(CN)O1. The minimum absolute atomic E-state index is 0.0512. The maximum absolute atomic E-state index is 11.6. The Morgan fingerprint density at radius 1 is 1.57 bits per heavy atom. The van der Waals surface area contributed by atoms with Crippen LogP contribution in [-0.2, 0) is 9.53 Å². The van der Waals surface area contributed by atoms with Gasteiger partial charge in [-0.1, -0.05) is 6.92 Å². The molecule has 3 N–H and O–H groups in total. The van der Waals surface area contributed by atoms with Crippen LogP contribution in [0.5, 0.6) is 0 Å². The van der Waals surface area contributed by atoms with Crippen molar-refractivity contribution >= 4 is 5.91 Å². The summed E-state index contributed by atoms with van der Waals surface area (Å²) in [5, 5.41) is 2.99. The molecule has 4 heteroatoms. The lowest BCUT2D eigenvalue weighted by atomic mass is 10.2. The highest BCUT2D eigenvalue weighted by Gasteiger charge is 2.37. The van der Waals surface area contributed by atoms with E-state index in [1.54, 1.807) is 0 Å². The fraction of sp³-hybridized carbons (Fsp3) is 0.900. The van der Waals surface area contributed by atoms with E-state index in [2.05, 4.69) is 12.2 Å². The molecule has 1 saturated heterocycles. The molecule has 80 valence electrons. The van der Waals surface area contributed by atoms with Crippen LogP contribution in [0.15, 0.2) is 0 Å². The molecular weight excluding hydrogens is 180 g/mol. The molecule has 1 aliphatic heterocycles. The van der Waals surface area contributed by atoms with Crippen LogP contribution in [0, 0.1) is 5.92 Å². The molecule has 0 aromatic heterocycles. The zero-order valence-corrected chi connectivity index (χ0v) is 8.53. The van der Waals surface area contributed by atoms with E-state index in [9.17, 15) is 4.79 Å². The molecule has 4 unspecified atom stereocenters. The van der Waals surface area contributed by atoms with Crippen LogP contribution < -0.4 is 11.1 Å². The van der Waals surface area contributed by atoms with Crippen LogP contribution in [0.1, 0.15) is 26.2 Å². The van der Waals surface area contributed by atoms with Gasteiger partial charge in [0, 0.05) is 12.6 Å². The number of ether oxygens (including phenoxy) is 1. The summed E-state index contributed by atoms with van der Waals surface area (Å²) < 4.78 is 5.50. The van der Waals surface area contributed by atoms with Gasteiger partial charge in [0.25, 0.3) is 0 Å². The van der Waals surface area contributed by atoms with Crippen molar-refractivity contribution in [2.45, 2.75) is 44.4 Å². The summed E-state index contributed by atoms with van der Waals surface area (Å²) in [5.74, 6) is 0.695. The molecule has 4 nitrogen and oxygen atoms in total. The van der Waals surface area contributed by atoms with E-state index in [-0.39, 0.29) is 18.1 Å². The van der Waals surface area contributed by atoms with Gasteiger partial charge in [0.1, 0.15) is 6.10 Å². The molecule has 2 rings (SSSR count). The van der Waals surface area contributed by atoms with Gasteiger partial charge in [0.2, 0.25) is 5.91 Å². The van der Waals surface area contributed by atoms with Crippen molar-refractivity contribution in [3.05, 3.63) is 0 Å². The Morgan fingerprint density at radius 3 is 2.79 bits per heavy atom. The molecule has 0 aromatic carbocycles. The summed E-state index contributed by atoms with van der Waals surface area (Å²) in [4.78, 5) is 11.6. The molecule has 0 spiro atoms. The van der Waals surface area contributed by atoms with Crippen molar-refractivity contribution in [2.75, 3.05) is 6.54 Å². The van der Waals surface area contributed by atoms with E-state index < -0.39 is 0 Å². The first-order valence-corrected chi connectivity index (χ1v) is 5.36. The predicted molar refractivity (Wildman–Crippen MR) is 52.7 cm³/mol. The third-order valence-electron chi connectivity index (χ3n) is 3.10. The molecule has 1 heterocycles. The first-order valence-electron chi connectivity index (χ1n) is 5.36. The highest BCUT2D eigenvalue weighted by Crippen LogP contribution is 2.29. The van der Waals surface area contributed by atoms with Crippen molar-refractivity contribution in [2.24, 2.45) is 11.7 Å². The predicted octanol–water partition coefficient (Wildman–Crippen LogP) is 0.0173. The average molecular weight is 198 g/mol. The lowest BCUT2D eigenvalue weighted by Crippen LogP contribution is -2.37. The summed E-state index contributed by atoms with van der Waals surface area (Å²) in [7, 11) is 0. The number of carbonyl (C=O) groups excluding carboxylic acids is 1. The summed E-state index contributed by atoms with van der Waals surface area (Å²) in [5.41, 5.74) is 5.48. The fourth-order valence-corrected chi connectivity index (χ4v) is 1.87. The van der Waals surface area contributed by atoms with Gasteiger partial charge in [-0.15, -0.1) is 0 Å². The second-order valence-corrected chi connectivity index (χ2v) is 4.39. The van der Waals surface area contributed by atoms with Gasteiger partial charge < -0.3 is 15.8 Å². The van der Waals surface area contributed by atoms with Crippen LogP contribution in [-0.4, -0.2) is 30.7 Å². The quantitative estimate of drug-likeness (QED) is 0.672. The monoisotopic (exact) mass is 198 g/mol. The molecule has 4 atom stereocenters. The summed E-state index contributed by atoms with van der Waals surface area (Å²) in [6.07, 6.45) is 2.67. The number of nitrogens with one attached hydrogen (secondary N) is 1. The molecule has 0 aromatic rings. The van der Waals surface area contributed by atoms with Crippen LogP contribution >= 0.6 is 0 Å². The van der Waals surface area contributed by atoms with Crippen molar-refractivity contribution in [3.63, 3.8) is 0 Å². The number of rotatable bonds is 3. The number of hydrogen-bond acceptors (Lipinski definition) is 3. The van der Waals surface area contributed by atoms with Crippen molar-refractivity contribution < 1.29 is 9.53 Å². The van der Waals surface area contributed by atoms with E-state index in [1.165, 1.54) is 0 Å². The van der Waals surface area contributed by atoms with E-state index in [0.29, 0.717) is 18.5 Å². The van der Waals surface area contributed by atoms with Crippen LogP contribution in [0.2, 0.25) is 0 Å². The Hall–Kier alpha value is -0.610. The van der Waals surface area contributed by atoms with E-state index in [0.717, 1.165) is 19.3 Å². The lowest BCUT2D eigenvalue weighted by Gasteiger charge is -2.12. The molecule has 0 bridgehead atoms. The summed E-state index contributed by atoms with van der Waals surface area (Å²) in [6, 6.07) is 0.392. The topological polar surface area (TPSA) is 64.4 Å². The maximum atomic E-state index is 11.6. The van der Waals surface area contributed by atoms with Gasteiger partial charge in [-0.25, -0.2) is 0 Å². The Balaban J connectivity index is 1.75. The molecule has 1 amide bonds. The Kier molecular flexibility index (Phi) is 2.74. The first-order chi connectivity index (χ1) is 6.70. The Morgan fingerprint density at radius 2 is 2.29 bits per heavy atom. The van der Waals surface area contributed by atoms with Gasteiger partial charge in [-0.05, 0) is 25.2 Å². The van der Waals surface area contributed by atoms with E-state index in [1.807, 2.05) is 0 Å². The van der Waals surface area contributed by atoms with Gasteiger partial charge in [-0.3, -0.25) is 4.79 Å². The zero-order chi connectivity index (χ0) is 10.1. The van der Waals surface area contributed by atoms with Gasteiger partial charge in [0.15, 0.2) is 0 Å². The zero-order valence-electron chi connectivity index (χ0n) is 8.53. The normalized spacial score (nSPS) is 41.0. The molecule has 14 heavy (non-hydrogen) atoms. The van der Waals surface area contributed by atoms with Crippen LogP contribution in [0.4, 0.5) is 0 Å². The van der Waals surface area contributed by atoms with Crippen LogP contribution in [0.25, 0.3) is 0 Å². The second kappa shape index (κ2) is 3.87. The summed E-state index contributed by atoms with van der Waals surface area (Å²) >= 11 is 0. The Bertz CT molecular complexity index is 232. The van der Waals surface area contributed by atoms with Crippen molar-refractivity contribution in [1.29, 1.82) is 0 Å². The fourth-order valence-electron chi connectivity index (χ4n) is 1.87. The van der Waals surface area contributed by atoms with E-state index in [4.69, 9.17) is 10.5 Å². The third-order valence-corrected chi connectivity index (χ3v) is 3.10. The molecule has 1 aliphatic carbocycles. The largest absolute Gasteiger partial charge is 0.364 e. The minimum atomic E-state index is -0.253. The molecule has 2 fully saturated rings. The van der Waals surface area contributed by atoms with E-state index >= 15 is 0 Å². The number of hydrogen-bond donors (Lipinski definition) is 2. The van der Waals surface area contributed by atoms with Gasteiger partial charge in [0.05, 0.1) is 6.10 Å². The minimum Gasteiger partial charge on any atom is -0.364 e. The highest BCUT2D eigenvalue weighted by atomic mass is 16.5. The molecule has 1 saturated carbocycles. The maximum Gasteiger partial charge on any atom is 0.249 e. The molecule has 0 radical (unpaired) electrons. The standard InChI is InChI=1S/C10H18N2O2/c1-6-4-8(6)12-10(13)9-3-2-7(5-11)14-9/h6-9H,2-5,11H2,1H3,(H,12,13). The van der Waals surface area contributed by atoms with Gasteiger partial charge >= 0.3 is 0 Å².